The van der Waals surface area contributed by atoms with Gasteiger partial charge in [0.15, 0.2) is 0 Å². The summed E-state index contributed by atoms with van der Waals surface area (Å²) < 4.78 is 6.00. The molecule has 1 N–H and O–H groups in total. The molecule has 2 heteroatoms. The minimum atomic E-state index is 0.442. The van der Waals surface area contributed by atoms with Gasteiger partial charge in [0, 0.05) is 24.6 Å². The quantitative estimate of drug-likeness (QED) is 0.851. The van der Waals surface area contributed by atoms with Crippen molar-refractivity contribution in [2.24, 2.45) is 5.41 Å². The van der Waals surface area contributed by atoms with Crippen LogP contribution in [0.5, 0.6) is 0 Å². The van der Waals surface area contributed by atoms with Crippen molar-refractivity contribution < 1.29 is 4.74 Å². The molecule has 0 saturated heterocycles. The van der Waals surface area contributed by atoms with E-state index in [1.807, 2.05) is 0 Å². The lowest BCUT2D eigenvalue weighted by molar-refractivity contribution is -0.130. The van der Waals surface area contributed by atoms with Gasteiger partial charge >= 0.3 is 0 Å². The maximum absolute atomic E-state index is 6.00. The van der Waals surface area contributed by atoms with Crippen LogP contribution in [0.25, 0.3) is 0 Å². The van der Waals surface area contributed by atoms with E-state index in [0.717, 1.165) is 19.6 Å². The number of benzene rings is 1. The van der Waals surface area contributed by atoms with Gasteiger partial charge in [-0.05, 0) is 43.7 Å². The molecule has 1 aromatic rings. The molecule has 21 heavy (non-hydrogen) atoms. The second-order valence-corrected chi connectivity index (χ2v) is 6.68. The standard InChI is InChI=1S/C19H29NO/c1-3-15-9-5-6-10-16(15)14-20-17-13-18(21-4-2)19(17)11-7-8-12-19/h5-6,9-10,17-18,20H,3-4,7-8,11-14H2,1-2H3. The van der Waals surface area contributed by atoms with E-state index in [1.165, 1.54) is 43.2 Å². The fourth-order valence-corrected chi connectivity index (χ4v) is 4.48. The first-order valence-corrected chi connectivity index (χ1v) is 8.72. The fraction of sp³-hybridized carbons (Fsp3) is 0.684. The van der Waals surface area contributed by atoms with Crippen LogP contribution in [-0.4, -0.2) is 18.8 Å². The molecule has 0 aliphatic heterocycles. The van der Waals surface area contributed by atoms with Crippen LogP contribution < -0.4 is 5.32 Å². The van der Waals surface area contributed by atoms with E-state index in [9.17, 15) is 0 Å². The fourth-order valence-electron chi connectivity index (χ4n) is 4.48. The molecule has 2 atom stereocenters. The molecule has 0 radical (unpaired) electrons. The molecular weight excluding hydrogens is 258 g/mol. The normalized spacial score (nSPS) is 27.0. The summed E-state index contributed by atoms with van der Waals surface area (Å²) in [4.78, 5) is 0. The first kappa shape index (κ1) is 15.1. The molecule has 116 valence electrons. The van der Waals surface area contributed by atoms with Crippen LogP contribution in [-0.2, 0) is 17.7 Å². The molecule has 2 fully saturated rings. The minimum Gasteiger partial charge on any atom is -0.378 e. The first-order chi connectivity index (χ1) is 10.3. The minimum absolute atomic E-state index is 0.442. The average molecular weight is 287 g/mol. The van der Waals surface area contributed by atoms with Gasteiger partial charge in [0.25, 0.3) is 0 Å². The second-order valence-electron chi connectivity index (χ2n) is 6.68. The van der Waals surface area contributed by atoms with Gasteiger partial charge < -0.3 is 10.1 Å². The Hall–Kier alpha value is -0.860. The summed E-state index contributed by atoms with van der Waals surface area (Å²) in [6, 6.07) is 9.49. The van der Waals surface area contributed by atoms with Gasteiger partial charge in [0.05, 0.1) is 6.10 Å². The number of nitrogens with one attached hydrogen (secondary N) is 1. The third-order valence-electron chi connectivity index (χ3n) is 5.73. The molecule has 2 aliphatic rings. The highest BCUT2D eigenvalue weighted by molar-refractivity contribution is 5.27. The van der Waals surface area contributed by atoms with E-state index in [4.69, 9.17) is 4.74 Å². The smallest absolute Gasteiger partial charge is 0.0661 e. The molecule has 2 unspecified atom stereocenters. The lowest BCUT2D eigenvalue weighted by atomic mass is 9.60. The van der Waals surface area contributed by atoms with Gasteiger partial charge in [-0.25, -0.2) is 0 Å². The topological polar surface area (TPSA) is 21.3 Å². The largest absolute Gasteiger partial charge is 0.378 e. The van der Waals surface area contributed by atoms with Crippen LogP contribution in [0.3, 0.4) is 0 Å². The summed E-state index contributed by atoms with van der Waals surface area (Å²) in [5, 5.41) is 3.85. The molecule has 0 amide bonds. The molecule has 0 aromatic heterocycles. The first-order valence-electron chi connectivity index (χ1n) is 8.72. The van der Waals surface area contributed by atoms with E-state index in [-0.39, 0.29) is 0 Å². The molecule has 1 aromatic carbocycles. The molecule has 2 saturated carbocycles. The summed E-state index contributed by atoms with van der Waals surface area (Å²) in [5.41, 5.74) is 3.39. The number of hydrogen-bond donors (Lipinski definition) is 1. The molecule has 2 nitrogen and oxygen atoms in total. The maximum Gasteiger partial charge on any atom is 0.0661 e. The average Bonchev–Trinajstić information content (AvgIpc) is 3.03. The molecule has 2 aliphatic carbocycles. The van der Waals surface area contributed by atoms with E-state index in [1.54, 1.807) is 0 Å². The highest BCUT2D eigenvalue weighted by atomic mass is 16.5. The Balaban J connectivity index is 1.63. The van der Waals surface area contributed by atoms with Crippen LogP contribution in [0.15, 0.2) is 24.3 Å². The van der Waals surface area contributed by atoms with Crippen LogP contribution >= 0.6 is 0 Å². The van der Waals surface area contributed by atoms with Gasteiger partial charge in [-0.2, -0.15) is 0 Å². The Morgan fingerprint density at radius 1 is 1.14 bits per heavy atom. The Kier molecular flexibility index (Phi) is 4.66. The summed E-state index contributed by atoms with van der Waals surface area (Å²) in [6.07, 6.45) is 8.29. The highest BCUT2D eigenvalue weighted by Gasteiger charge is 2.56. The van der Waals surface area contributed by atoms with Crippen molar-refractivity contribution in [1.82, 2.24) is 5.32 Å². The molecule has 0 bridgehead atoms. The molecule has 3 rings (SSSR count). The monoisotopic (exact) mass is 287 g/mol. The highest BCUT2D eigenvalue weighted by Crippen LogP contribution is 2.54. The third kappa shape index (κ3) is 2.76. The summed E-state index contributed by atoms with van der Waals surface area (Å²) in [7, 11) is 0. The summed E-state index contributed by atoms with van der Waals surface area (Å²) in [6.45, 7) is 6.24. The van der Waals surface area contributed by atoms with E-state index < -0.39 is 0 Å². The van der Waals surface area contributed by atoms with Crippen LogP contribution in [0, 0.1) is 5.41 Å². The third-order valence-corrected chi connectivity index (χ3v) is 5.73. The molecule has 0 heterocycles. The number of rotatable bonds is 6. The van der Waals surface area contributed by atoms with Crippen molar-refractivity contribution in [2.75, 3.05) is 6.61 Å². The Bertz CT molecular complexity index is 464. The zero-order valence-corrected chi connectivity index (χ0v) is 13.5. The lowest BCUT2D eigenvalue weighted by Gasteiger charge is -2.54. The van der Waals surface area contributed by atoms with Crippen molar-refractivity contribution in [3.05, 3.63) is 35.4 Å². The van der Waals surface area contributed by atoms with Gasteiger partial charge in [0.2, 0.25) is 0 Å². The van der Waals surface area contributed by atoms with Crippen molar-refractivity contribution in [3.8, 4) is 0 Å². The zero-order chi connectivity index (χ0) is 14.7. The SMILES string of the molecule is CCOC1CC(NCc2ccccc2CC)C12CCCC2. The zero-order valence-electron chi connectivity index (χ0n) is 13.5. The van der Waals surface area contributed by atoms with Gasteiger partial charge in [-0.15, -0.1) is 0 Å². The Labute approximate surface area is 129 Å². The maximum atomic E-state index is 6.00. The van der Waals surface area contributed by atoms with Crippen molar-refractivity contribution in [3.63, 3.8) is 0 Å². The Morgan fingerprint density at radius 3 is 2.52 bits per heavy atom. The van der Waals surface area contributed by atoms with Crippen molar-refractivity contribution in [1.29, 1.82) is 0 Å². The van der Waals surface area contributed by atoms with Gasteiger partial charge in [-0.1, -0.05) is 44.0 Å². The number of aryl methyl sites for hydroxylation is 1. The Morgan fingerprint density at radius 2 is 1.86 bits per heavy atom. The summed E-state index contributed by atoms with van der Waals surface area (Å²) >= 11 is 0. The van der Waals surface area contributed by atoms with E-state index in [0.29, 0.717) is 17.6 Å². The van der Waals surface area contributed by atoms with Gasteiger partial charge in [-0.3, -0.25) is 0 Å². The predicted molar refractivity (Wildman–Crippen MR) is 87.4 cm³/mol. The number of hydrogen-bond acceptors (Lipinski definition) is 2. The second kappa shape index (κ2) is 6.50. The molecular formula is C19H29NO. The van der Waals surface area contributed by atoms with Crippen LogP contribution in [0.4, 0.5) is 0 Å². The predicted octanol–water partition coefficient (Wildman–Crippen LogP) is 4.08. The number of ether oxygens (including phenoxy) is 1. The molecule has 1 spiro atoms. The summed E-state index contributed by atoms with van der Waals surface area (Å²) in [5.74, 6) is 0. The van der Waals surface area contributed by atoms with Gasteiger partial charge in [0.1, 0.15) is 0 Å². The lowest BCUT2D eigenvalue weighted by Crippen LogP contribution is -2.62. The van der Waals surface area contributed by atoms with Crippen molar-refractivity contribution >= 4 is 0 Å². The van der Waals surface area contributed by atoms with Crippen LogP contribution in [0.1, 0.15) is 57.1 Å². The van der Waals surface area contributed by atoms with Crippen LogP contribution in [0.2, 0.25) is 0 Å². The van der Waals surface area contributed by atoms with E-state index in [2.05, 4.69) is 43.4 Å². The van der Waals surface area contributed by atoms with E-state index >= 15 is 0 Å². The van der Waals surface area contributed by atoms with Crippen molar-refractivity contribution in [2.45, 2.75) is 71.1 Å².